The molecule has 9 heteroatoms. The summed E-state index contributed by atoms with van der Waals surface area (Å²) < 4.78 is 7.01. The highest BCUT2D eigenvalue weighted by molar-refractivity contribution is 5.94. The molecule has 138 valence electrons. The Labute approximate surface area is 146 Å². The van der Waals surface area contributed by atoms with Crippen LogP contribution >= 0.6 is 0 Å². The molecule has 3 heterocycles. The Kier molecular flexibility index (Phi) is 4.46. The average molecular weight is 352 g/mol. The number of carbonyl (C=O) groups excluding carboxylic acids is 2. The fourth-order valence-corrected chi connectivity index (χ4v) is 3.02. The van der Waals surface area contributed by atoms with Crippen molar-refractivity contribution in [3.8, 4) is 0 Å². The van der Waals surface area contributed by atoms with Crippen LogP contribution in [-0.4, -0.2) is 68.8 Å². The van der Waals surface area contributed by atoms with Gasteiger partial charge in [0.2, 0.25) is 0 Å². The maximum Gasteiger partial charge on any atom is 0.410 e. The summed E-state index contributed by atoms with van der Waals surface area (Å²) in [6.45, 7) is 6.27. The van der Waals surface area contributed by atoms with E-state index in [9.17, 15) is 14.7 Å². The Morgan fingerprint density at radius 3 is 2.80 bits per heavy atom. The molecule has 1 aromatic rings. The molecule has 0 bridgehead atoms. The molecule has 0 spiro atoms. The van der Waals surface area contributed by atoms with Crippen LogP contribution in [0.25, 0.3) is 0 Å². The maximum atomic E-state index is 12.7. The lowest BCUT2D eigenvalue weighted by Crippen LogP contribution is -2.40. The minimum absolute atomic E-state index is 0.217. The Morgan fingerprint density at radius 1 is 1.44 bits per heavy atom. The van der Waals surface area contributed by atoms with Crippen molar-refractivity contribution in [1.82, 2.24) is 19.7 Å². The van der Waals surface area contributed by atoms with E-state index < -0.39 is 17.8 Å². The van der Waals surface area contributed by atoms with Crippen molar-refractivity contribution < 1.29 is 24.3 Å². The Balaban J connectivity index is 1.89. The van der Waals surface area contributed by atoms with Gasteiger partial charge in [-0.25, -0.2) is 9.86 Å². The van der Waals surface area contributed by atoms with Crippen LogP contribution in [0.4, 0.5) is 4.79 Å². The van der Waals surface area contributed by atoms with E-state index in [0.717, 1.165) is 16.3 Å². The van der Waals surface area contributed by atoms with Gasteiger partial charge in [0.1, 0.15) is 17.4 Å². The molecule has 1 aromatic heterocycles. The lowest BCUT2D eigenvalue weighted by Gasteiger charge is -2.30. The number of aliphatic hydroxyl groups is 1. The van der Waals surface area contributed by atoms with Crippen molar-refractivity contribution >= 4 is 12.0 Å². The Hall–Kier alpha value is -2.13. The number of carbonyl (C=O) groups is 2. The molecule has 0 unspecified atom stereocenters. The van der Waals surface area contributed by atoms with Crippen molar-refractivity contribution in [3.63, 3.8) is 0 Å². The lowest BCUT2D eigenvalue weighted by atomic mass is 10.1. The van der Waals surface area contributed by atoms with Gasteiger partial charge >= 0.3 is 6.09 Å². The molecule has 3 rings (SSSR count). The topological polar surface area (TPSA) is 97.1 Å². The normalized spacial score (nSPS) is 20.8. The summed E-state index contributed by atoms with van der Waals surface area (Å²) in [4.78, 5) is 32.0. The molecule has 0 aromatic carbocycles. The molecule has 0 radical (unpaired) electrons. The average Bonchev–Trinajstić information content (AvgIpc) is 2.82. The molecule has 2 aliphatic heterocycles. The third-order valence-electron chi connectivity index (χ3n) is 4.13. The van der Waals surface area contributed by atoms with Gasteiger partial charge in [-0.15, -0.1) is 0 Å². The molecule has 1 atom stereocenters. The van der Waals surface area contributed by atoms with Crippen LogP contribution in [0.3, 0.4) is 0 Å². The number of hydrogen-bond acceptors (Lipinski definition) is 6. The van der Waals surface area contributed by atoms with Gasteiger partial charge < -0.3 is 14.7 Å². The second kappa shape index (κ2) is 6.30. The molecule has 2 amide bonds. The van der Waals surface area contributed by atoms with E-state index in [1.807, 2.05) is 20.8 Å². The van der Waals surface area contributed by atoms with Crippen LogP contribution < -0.4 is 0 Å². The van der Waals surface area contributed by atoms with Crippen molar-refractivity contribution in [2.24, 2.45) is 0 Å². The smallest absolute Gasteiger partial charge is 0.410 e. The fraction of sp³-hybridized carbons (Fsp3) is 0.688. The van der Waals surface area contributed by atoms with Gasteiger partial charge in [0.05, 0.1) is 25.4 Å². The largest absolute Gasteiger partial charge is 0.444 e. The highest BCUT2D eigenvalue weighted by Crippen LogP contribution is 2.27. The van der Waals surface area contributed by atoms with Gasteiger partial charge in [-0.1, -0.05) is 0 Å². The van der Waals surface area contributed by atoms with E-state index in [4.69, 9.17) is 9.57 Å². The van der Waals surface area contributed by atoms with E-state index >= 15 is 0 Å². The van der Waals surface area contributed by atoms with Crippen molar-refractivity contribution in [3.05, 3.63) is 17.0 Å². The van der Waals surface area contributed by atoms with Crippen molar-refractivity contribution in [2.45, 2.75) is 52.0 Å². The van der Waals surface area contributed by atoms with Gasteiger partial charge in [0.15, 0.2) is 0 Å². The maximum absolute atomic E-state index is 12.7. The summed E-state index contributed by atoms with van der Waals surface area (Å²) in [5, 5.41) is 15.0. The summed E-state index contributed by atoms with van der Waals surface area (Å²) in [5.41, 5.74) is 1.35. The summed E-state index contributed by atoms with van der Waals surface area (Å²) in [6, 6.07) is 0. The third kappa shape index (κ3) is 3.47. The Bertz CT molecular complexity index is 693. The highest BCUT2D eigenvalue weighted by Gasteiger charge is 2.36. The van der Waals surface area contributed by atoms with Crippen LogP contribution in [0.2, 0.25) is 0 Å². The van der Waals surface area contributed by atoms with Crippen LogP contribution in [0, 0.1) is 0 Å². The molecule has 1 N–H and O–H groups in total. The SMILES string of the molecule is CN1O[C@@H](CO)Cn2nc3c(c2C1=O)CN(C(=O)OC(C)(C)C)CC3. The van der Waals surface area contributed by atoms with Crippen molar-refractivity contribution in [2.75, 3.05) is 20.2 Å². The standard InChI is InChI=1S/C16H24N4O5/c1-16(2,3)24-15(23)19-6-5-12-11(8-19)13-14(22)18(4)25-10(9-21)7-20(13)17-12/h10,21H,5-9H2,1-4H3/t10-/m1/s1. The number of rotatable bonds is 1. The number of hydroxylamine groups is 2. The number of hydrogen-bond donors (Lipinski definition) is 1. The molecule has 25 heavy (non-hydrogen) atoms. The number of fused-ring (bicyclic) bond motifs is 3. The second-order valence-corrected chi connectivity index (χ2v) is 7.32. The van der Waals surface area contributed by atoms with Gasteiger partial charge in [-0.05, 0) is 20.8 Å². The zero-order valence-electron chi connectivity index (χ0n) is 15.0. The molecule has 0 aliphatic carbocycles. The first-order valence-corrected chi connectivity index (χ1v) is 8.31. The van der Waals surface area contributed by atoms with Gasteiger partial charge in [0.25, 0.3) is 5.91 Å². The number of ether oxygens (including phenoxy) is 1. The van der Waals surface area contributed by atoms with Crippen LogP contribution in [0.1, 0.15) is 42.5 Å². The van der Waals surface area contributed by atoms with E-state index in [0.29, 0.717) is 18.7 Å². The lowest BCUT2D eigenvalue weighted by molar-refractivity contribution is -0.159. The van der Waals surface area contributed by atoms with E-state index in [-0.39, 0.29) is 25.6 Å². The molecular formula is C16H24N4O5. The zero-order valence-corrected chi connectivity index (χ0v) is 15.0. The van der Waals surface area contributed by atoms with E-state index in [1.54, 1.807) is 9.58 Å². The summed E-state index contributed by atoms with van der Waals surface area (Å²) in [6.07, 6.45) is -0.397. The molecular weight excluding hydrogens is 328 g/mol. The third-order valence-corrected chi connectivity index (χ3v) is 4.13. The number of nitrogens with zero attached hydrogens (tertiary/aromatic N) is 4. The molecule has 9 nitrogen and oxygen atoms in total. The first kappa shape index (κ1) is 17.7. The van der Waals surface area contributed by atoms with Gasteiger partial charge in [-0.2, -0.15) is 5.10 Å². The minimum atomic E-state index is -0.578. The number of aliphatic hydroxyl groups excluding tert-OH is 1. The van der Waals surface area contributed by atoms with Crippen LogP contribution in [-0.2, 0) is 29.1 Å². The predicted octanol–water partition coefficient (Wildman–Crippen LogP) is 0.554. The molecule has 0 saturated carbocycles. The fourth-order valence-electron chi connectivity index (χ4n) is 3.02. The van der Waals surface area contributed by atoms with Crippen molar-refractivity contribution in [1.29, 1.82) is 0 Å². The van der Waals surface area contributed by atoms with Crippen LogP contribution in [0.15, 0.2) is 0 Å². The van der Waals surface area contributed by atoms with E-state index in [1.165, 1.54) is 7.05 Å². The number of amides is 2. The summed E-state index contributed by atoms with van der Waals surface area (Å²) in [5.74, 6) is -0.337. The first-order valence-electron chi connectivity index (χ1n) is 8.31. The predicted molar refractivity (Wildman–Crippen MR) is 86.6 cm³/mol. The second-order valence-electron chi connectivity index (χ2n) is 7.32. The first-order chi connectivity index (χ1) is 11.7. The highest BCUT2D eigenvalue weighted by atomic mass is 16.7. The Morgan fingerprint density at radius 2 is 2.16 bits per heavy atom. The van der Waals surface area contributed by atoms with Gasteiger partial charge in [-0.3, -0.25) is 14.3 Å². The number of aromatic nitrogens is 2. The van der Waals surface area contributed by atoms with Gasteiger partial charge in [0, 0.05) is 25.6 Å². The molecule has 0 saturated heterocycles. The summed E-state index contributed by atoms with van der Waals surface area (Å²) in [7, 11) is 1.51. The summed E-state index contributed by atoms with van der Waals surface area (Å²) >= 11 is 0. The van der Waals surface area contributed by atoms with E-state index in [2.05, 4.69) is 5.10 Å². The monoisotopic (exact) mass is 352 g/mol. The molecule has 2 aliphatic rings. The zero-order chi connectivity index (χ0) is 18.4. The quantitative estimate of drug-likeness (QED) is 0.793. The van der Waals surface area contributed by atoms with Crippen LogP contribution in [0.5, 0.6) is 0 Å². The minimum Gasteiger partial charge on any atom is -0.444 e. The molecule has 0 fully saturated rings.